The first-order valence-corrected chi connectivity index (χ1v) is 6.10. The molecule has 1 aromatic rings. The normalized spacial score (nSPS) is 11.6. The van der Waals surface area contributed by atoms with Gasteiger partial charge < -0.3 is 15.3 Å². The third kappa shape index (κ3) is 3.28. The largest absolute Gasteiger partial charge is 0.504 e. The highest BCUT2D eigenvalue weighted by atomic mass is 32.2. The highest BCUT2D eigenvalue weighted by Crippen LogP contribution is 2.37. The molecule has 0 radical (unpaired) electrons. The van der Waals surface area contributed by atoms with E-state index in [4.69, 9.17) is 9.66 Å². The van der Waals surface area contributed by atoms with Crippen LogP contribution in [0.1, 0.15) is 12.0 Å². The standard InChI is InChI=1S/C9H12O6S/c10-7-4-3-6(8(11)9(7)12)2-1-5-16(13,14)15/h3-4,10-12H,1-2,5H2,(H,13,14,15). The molecule has 0 spiro atoms. The zero-order valence-corrected chi connectivity index (χ0v) is 9.11. The van der Waals surface area contributed by atoms with E-state index in [0.29, 0.717) is 5.56 Å². The number of hydrogen-bond donors (Lipinski definition) is 4. The molecule has 6 nitrogen and oxygen atoms in total. The van der Waals surface area contributed by atoms with Crippen LogP contribution < -0.4 is 0 Å². The highest BCUT2D eigenvalue weighted by Gasteiger charge is 2.12. The lowest BCUT2D eigenvalue weighted by molar-refractivity contribution is 0.365. The molecule has 0 aliphatic carbocycles. The first-order chi connectivity index (χ1) is 7.31. The maximum absolute atomic E-state index is 10.4. The molecule has 1 aromatic carbocycles. The Kier molecular flexibility index (Phi) is 3.61. The van der Waals surface area contributed by atoms with Crippen LogP contribution in [0.3, 0.4) is 0 Å². The van der Waals surface area contributed by atoms with E-state index in [1.807, 2.05) is 0 Å². The van der Waals surface area contributed by atoms with Gasteiger partial charge in [0.2, 0.25) is 5.75 Å². The lowest BCUT2D eigenvalue weighted by Crippen LogP contribution is -2.04. The van der Waals surface area contributed by atoms with Crippen molar-refractivity contribution in [3.8, 4) is 17.2 Å². The molecule has 0 bridgehead atoms. The highest BCUT2D eigenvalue weighted by molar-refractivity contribution is 7.85. The van der Waals surface area contributed by atoms with Gasteiger partial charge in [-0.25, -0.2) is 0 Å². The molecule has 0 unspecified atom stereocenters. The van der Waals surface area contributed by atoms with E-state index >= 15 is 0 Å². The van der Waals surface area contributed by atoms with Gasteiger partial charge in [0, 0.05) is 0 Å². The third-order valence-electron chi connectivity index (χ3n) is 2.06. The van der Waals surface area contributed by atoms with Crippen LogP contribution in [0.15, 0.2) is 12.1 Å². The molecule has 0 atom stereocenters. The molecule has 0 heterocycles. The minimum Gasteiger partial charge on any atom is -0.504 e. The van der Waals surface area contributed by atoms with Gasteiger partial charge in [0.1, 0.15) is 0 Å². The summed E-state index contributed by atoms with van der Waals surface area (Å²) in [5.41, 5.74) is 0.305. The molecule has 7 heteroatoms. The molecule has 16 heavy (non-hydrogen) atoms. The summed E-state index contributed by atoms with van der Waals surface area (Å²) in [5, 5.41) is 27.6. The van der Waals surface area contributed by atoms with Gasteiger partial charge in [0.15, 0.2) is 11.5 Å². The number of hydrogen-bond acceptors (Lipinski definition) is 5. The second-order valence-electron chi connectivity index (χ2n) is 3.33. The molecular weight excluding hydrogens is 236 g/mol. The fourth-order valence-electron chi connectivity index (χ4n) is 1.26. The van der Waals surface area contributed by atoms with Crippen LogP contribution in [-0.4, -0.2) is 34.0 Å². The van der Waals surface area contributed by atoms with Crippen LogP contribution in [0.2, 0.25) is 0 Å². The van der Waals surface area contributed by atoms with Gasteiger partial charge in [-0.15, -0.1) is 0 Å². The van der Waals surface area contributed by atoms with Gasteiger partial charge >= 0.3 is 0 Å². The maximum atomic E-state index is 10.4. The zero-order chi connectivity index (χ0) is 12.3. The van der Waals surface area contributed by atoms with E-state index in [9.17, 15) is 18.6 Å². The van der Waals surface area contributed by atoms with Crippen LogP contribution in [0.4, 0.5) is 0 Å². The Morgan fingerprint density at radius 2 is 1.69 bits per heavy atom. The number of aromatic hydroxyl groups is 3. The van der Waals surface area contributed by atoms with Crippen molar-refractivity contribution in [3.05, 3.63) is 17.7 Å². The third-order valence-corrected chi connectivity index (χ3v) is 2.87. The number of phenolic OH excluding ortho intramolecular Hbond substituents is 3. The van der Waals surface area contributed by atoms with Crippen molar-refractivity contribution in [1.29, 1.82) is 0 Å². The summed E-state index contributed by atoms with van der Waals surface area (Å²) in [5.74, 6) is -1.98. The summed E-state index contributed by atoms with van der Waals surface area (Å²) in [6.07, 6.45) is 0.274. The summed E-state index contributed by atoms with van der Waals surface area (Å²) >= 11 is 0. The van der Waals surface area contributed by atoms with Crippen molar-refractivity contribution in [3.63, 3.8) is 0 Å². The van der Waals surface area contributed by atoms with Crippen molar-refractivity contribution in [2.75, 3.05) is 5.75 Å². The van der Waals surface area contributed by atoms with Crippen LogP contribution >= 0.6 is 0 Å². The Morgan fingerprint density at radius 3 is 2.25 bits per heavy atom. The van der Waals surface area contributed by atoms with E-state index in [0.717, 1.165) is 0 Å². The fourth-order valence-corrected chi connectivity index (χ4v) is 1.77. The Balaban J connectivity index is 2.72. The predicted molar refractivity (Wildman–Crippen MR) is 56.2 cm³/mol. The average molecular weight is 248 g/mol. The van der Waals surface area contributed by atoms with Crippen molar-refractivity contribution < 1.29 is 28.3 Å². The van der Waals surface area contributed by atoms with E-state index in [1.54, 1.807) is 0 Å². The second kappa shape index (κ2) is 4.58. The molecule has 0 saturated heterocycles. The molecule has 0 aliphatic rings. The summed E-state index contributed by atoms with van der Waals surface area (Å²) in [6.45, 7) is 0. The van der Waals surface area contributed by atoms with Gasteiger partial charge in [0.25, 0.3) is 10.1 Å². The Hall–Kier alpha value is -1.47. The van der Waals surface area contributed by atoms with Gasteiger partial charge in [-0.1, -0.05) is 6.07 Å². The maximum Gasteiger partial charge on any atom is 0.264 e. The smallest absolute Gasteiger partial charge is 0.264 e. The molecule has 4 N–H and O–H groups in total. The number of phenols is 3. The Bertz CT molecular complexity index is 479. The Morgan fingerprint density at radius 1 is 1.06 bits per heavy atom. The van der Waals surface area contributed by atoms with E-state index in [-0.39, 0.29) is 12.8 Å². The van der Waals surface area contributed by atoms with Crippen LogP contribution in [0.5, 0.6) is 17.2 Å². The second-order valence-corrected chi connectivity index (χ2v) is 4.90. The zero-order valence-electron chi connectivity index (χ0n) is 8.29. The molecule has 0 aliphatic heterocycles. The first kappa shape index (κ1) is 12.6. The van der Waals surface area contributed by atoms with Gasteiger partial charge in [0.05, 0.1) is 5.75 Å². The van der Waals surface area contributed by atoms with E-state index in [1.165, 1.54) is 12.1 Å². The first-order valence-electron chi connectivity index (χ1n) is 4.49. The summed E-state index contributed by atoms with van der Waals surface area (Å²) in [6, 6.07) is 2.56. The SMILES string of the molecule is O=S(=O)(O)CCCc1ccc(O)c(O)c1O. The van der Waals surface area contributed by atoms with Crippen LogP contribution in [-0.2, 0) is 16.5 Å². The van der Waals surface area contributed by atoms with E-state index in [2.05, 4.69) is 0 Å². The van der Waals surface area contributed by atoms with Crippen molar-refractivity contribution in [2.24, 2.45) is 0 Å². The quantitative estimate of drug-likeness (QED) is 0.458. The molecule has 0 fully saturated rings. The van der Waals surface area contributed by atoms with Crippen LogP contribution in [0.25, 0.3) is 0 Å². The van der Waals surface area contributed by atoms with Crippen LogP contribution in [0, 0.1) is 0 Å². The lowest BCUT2D eigenvalue weighted by atomic mass is 10.1. The predicted octanol–water partition coefficient (Wildman–Crippen LogP) is 0.624. The molecule has 0 aromatic heterocycles. The fraction of sp³-hybridized carbons (Fsp3) is 0.333. The number of rotatable bonds is 4. The Labute approximate surface area is 92.5 Å². The number of benzene rings is 1. The lowest BCUT2D eigenvalue weighted by Gasteiger charge is -2.06. The summed E-state index contributed by atoms with van der Waals surface area (Å²) in [7, 11) is -4.02. The van der Waals surface area contributed by atoms with Gasteiger partial charge in [-0.2, -0.15) is 8.42 Å². The monoisotopic (exact) mass is 248 g/mol. The van der Waals surface area contributed by atoms with E-state index < -0.39 is 33.1 Å². The minimum atomic E-state index is -4.02. The van der Waals surface area contributed by atoms with Crippen molar-refractivity contribution in [2.45, 2.75) is 12.8 Å². The summed E-state index contributed by atoms with van der Waals surface area (Å²) in [4.78, 5) is 0. The molecule has 0 saturated carbocycles. The van der Waals surface area contributed by atoms with Gasteiger partial charge in [-0.3, -0.25) is 4.55 Å². The average Bonchev–Trinajstić information content (AvgIpc) is 2.16. The molecule has 90 valence electrons. The van der Waals surface area contributed by atoms with Gasteiger partial charge in [-0.05, 0) is 24.5 Å². The van der Waals surface area contributed by atoms with Crippen molar-refractivity contribution in [1.82, 2.24) is 0 Å². The minimum absolute atomic E-state index is 0.108. The molecular formula is C9H12O6S. The number of aryl methyl sites for hydroxylation is 1. The topological polar surface area (TPSA) is 115 Å². The summed E-state index contributed by atoms with van der Waals surface area (Å²) < 4.78 is 29.3. The van der Waals surface area contributed by atoms with Crippen molar-refractivity contribution >= 4 is 10.1 Å². The molecule has 0 amide bonds. The molecule has 1 rings (SSSR count).